The topological polar surface area (TPSA) is 60.4 Å². The lowest BCUT2D eigenvalue weighted by Gasteiger charge is -2.38. The summed E-state index contributed by atoms with van der Waals surface area (Å²) in [7, 11) is 2.13. The smallest absolute Gasteiger partial charge is 0.374 e. The number of hydrogen-bond acceptors (Lipinski definition) is 7. The second kappa shape index (κ2) is 11.8. The van der Waals surface area contributed by atoms with Crippen LogP contribution in [0, 0.1) is 0 Å². The molecule has 42 heavy (non-hydrogen) atoms. The predicted molar refractivity (Wildman–Crippen MR) is 165 cm³/mol. The average Bonchev–Trinajstić information content (AvgIpc) is 3.18. The van der Waals surface area contributed by atoms with Crippen LogP contribution in [0.15, 0.2) is 36.5 Å². The molecule has 0 aliphatic carbocycles. The molecule has 1 saturated heterocycles. The SMILES string of the molecule is CN1CCC(C)(C)c2ccc(Nc3nc(N4CCCCC4)nc4c3CCN(c3ncccc3C(F)(F)F)CC4)cc21.Cl. The number of aromatic nitrogens is 3. The summed E-state index contributed by atoms with van der Waals surface area (Å²) in [6.07, 6.45) is 2.50. The summed E-state index contributed by atoms with van der Waals surface area (Å²) in [6, 6.07) is 8.96. The first-order chi connectivity index (χ1) is 19.6. The molecule has 0 saturated carbocycles. The van der Waals surface area contributed by atoms with E-state index < -0.39 is 11.7 Å². The van der Waals surface area contributed by atoms with Gasteiger partial charge in [-0.15, -0.1) is 12.4 Å². The fraction of sp³-hybridized carbons (Fsp3) is 0.516. The van der Waals surface area contributed by atoms with Gasteiger partial charge in [0, 0.05) is 69.3 Å². The highest BCUT2D eigenvalue weighted by molar-refractivity contribution is 5.85. The largest absolute Gasteiger partial charge is 0.419 e. The van der Waals surface area contributed by atoms with Crippen molar-refractivity contribution in [2.75, 3.05) is 59.8 Å². The molecule has 226 valence electrons. The molecule has 3 aromatic rings. The zero-order chi connectivity index (χ0) is 28.8. The Morgan fingerprint density at radius 3 is 2.43 bits per heavy atom. The van der Waals surface area contributed by atoms with Crippen molar-refractivity contribution in [2.24, 2.45) is 0 Å². The van der Waals surface area contributed by atoms with E-state index >= 15 is 0 Å². The van der Waals surface area contributed by atoms with Crippen LogP contribution in [0.4, 0.5) is 42.1 Å². The van der Waals surface area contributed by atoms with Crippen molar-refractivity contribution in [1.82, 2.24) is 15.0 Å². The van der Waals surface area contributed by atoms with E-state index in [0.717, 1.165) is 67.7 Å². The van der Waals surface area contributed by atoms with Crippen LogP contribution in [-0.2, 0) is 24.4 Å². The van der Waals surface area contributed by atoms with Gasteiger partial charge in [0.25, 0.3) is 0 Å². The first kappa shape index (κ1) is 30.2. The molecule has 0 spiro atoms. The molecule has 11 heteroatoms. The zero-order valence-electron chi connectivity index (χ0n) is 24.5. The van der Waals surface area contributed by atoms with Crippen LogP contribution in [0.1, 0.15) is 61.9 Å². The summed E-state index contributed by atoms with van der Waals surface area (Å²) < 4.78 is 41.5. The van der Waals surface area contributed by atoms with E-state index in [-0.39, 0.29) is 23.6 Å². The molecule has 1 N–H and O–H groups in total. The van der Waals surface area contributed by atoms with Crippen molar-refractivity contribution < 1.29 is 13.2 Å². The molecule has 3 aliphatic heterocycles. The highest BCUT2D eigenvalue weighted by Gasteiger charge is 2.36. The summed E-state index contributed by atoms with van der Waals surface area (Å²) in [5, 5.41) is 3.61. The molecular formula is C31H39ClF3N7. The molecule has 0 unspecified atom stereocenters. The number of rotatable bonds is 4. The van der Waals surface area contributed by atoms with Crippen LogP contribution in [0.2, 0.25) is 0 Å². The minimum atomic E-state index is -4.47. The Labute approximate surface area is 252 Å². The normalized spacial score (nSPS) is 18.5. The van der Waals surface area contributed by atoms with E-state index in [0.29, 0.717) is 31.9 Å². The Morgan fingerprint density at radius 1 is 0.905 bits per heavy atom. The van der Waals surface area contributed by atoms with Crippen LogP contribution >= 0.6 is 12.4 Å². The van der Waals surface area contributed by atoms with Crippen LogP contribution in [-0.4, -0.2) is 54.7 Å². The standard InChI is InChI=1S/C31H38F3N7.ClH/c1-30(2)13-19-39(3)26-20-21(9-10-23(26)30)36-27-22-11-17-40(28-24(31(32,33)34)8-7-14-35-28)18-12-25(22)37-29(38-27)41-15-5-4-6-16-41;/h7-10,14,20H,4-6,11-13,15-19H2,1-3H3,(H,36,37,38);1H. The number of halogens is 4. The predicted octanol–water partition coefficient (Wildman–Crippen LogP) is 6.77. The summed E-state index contributed by atoms with van der Waals surface area (Å²) >= 11 is 0. The third-order valence-corrected chi connectivity index (χ3v) is 8.83. The molecule has 1 fully saturated rings. The molecule has 0 bridgehead atoms. The molecule has 0 amide bonds. The Kier molecular flexibility index (Phi) is 8.47. The maximum Gasteiger partial charge on any atom is 0.419 e. The van der Waals surface area contributed by atoms with E-state index in [1.54, 1.807) is 4.90 Å². The number of anilines is 5. The minimum absolute atomic E-state index is 0. The Bertz CT molecular complexity index is 1420. The van der Waals surface area contributed by atoms with Gasteiger partial charge in [0.05, 0.1) is 11.3 Å². The van der Waals surface area contributed by atoms with E-state index in [2.05, 4.69) is 59.2 Å². The maximum absolute atomic E-state index is 13.8. The Hall–Kier alpha value is -3.27. The summed E-state index contributed by atoms with van der Waals surface area (Å²) in [4.78, 5) is 20.5. The number of nitrogens with zero attached hydrogens (tertiary/aromatic N) is 6. The van der Waals surface area contributed by atoms with Crippen molar-refractivity contribution >= 4 is 41.4 Å². The van der Waals surface area contributed by atoms with Gasteiger partial charge in [-0.1, -0.05) is 19.9 Å². The van der Waals surface area contributed by atoms with Crippen molar-refractivity contribution in [1.29, 1.82) is 0 Å². The maximum atomic E-state index is 13.8. The van der Waals surface area contributed by atoms with Crippen LogP contribution in [0.5, 0.6) is 0 Å². The second-order valence-electron chi connectivity index (χ2n) is 12.1. The van der Waals surface area contributed by atoms with Gasteiger partial charge in [-0.05, 0) is 67.3 Å². The number of hydrogen-bond donors (Lipinski definition) is 1. The quantitative estimate of drug-likeness (QED) is 0.354. The van der Waals surface area contributed by atoms with Crippen LogP contribution < -0.4 is 20.0 Å². The average molecular weight is 602 g/mol. The molecule has 1 aromatic carbocycles. The van der Waals surface area contributed by atoms with E-state index in [1.807, 2.05) is 0 Å². The van der Waals surface area contributed by atoms with Crippen molar-refractivity contribution in [3.8, 4) is 0 Å². The minimum Gasteiger partial charge on any atom is -0.374 e. The molecule has 6 rings (SSSR count). The summed E-state index contributed by atoms with van der Waals surface area (Å²) in [6.45, 7) is 8.20. The summed E-state index contributed by atoms with van der Waals surface area (Å²) in [5.41, 5.74) is 4.75. The first-order valence-electron chi connectivity index (χ1n) is 14.6. The lowest BCUT2D eigenvalue weighted by atomic mass is 9.78. The van der Waals surface area contributed by atoms with Crippen molar-refractivity contribution in [2.45, 2.75) is 64.0 Å². The van der Waals surface area contributed by atoms with Gasteiger partial charge in [-0.3, -0.25) is 0 Å². The third-order valence-electron chi connectivity index (χ3n) is 8.83. The van der Waals surface area contributed by atoms with E-state index in [1.165, 1.54) is 29.9 Å². The molecule has 3 aliphatic rings. The van der Waals surface area contributed by atoms with Gasteiger partial charge in [0.1, 0.15) is 11.6 Å². The van der Waals surface area contributed by atoms with Gasteiger partial charge in [0.2, 0.25) is 5.95 Å². The lowest BCUT2D eigenvalue weighted by Crippen LogP contribution is -2.34. The van der Waals surface area contributed by atoms with Crippen LogP contribution in [0.3, 0.4) is 0 Å². The van der Waals surface area contributed by atoms with Gasteiger partial charge in [0.15, 0.2) is 0 Å². The van der Waals surface area contributed by atoms with E-state index in [4.69, 9.17) is 9.97 Å². The fourth-order valence-corrected chi connectivity index (χ4v) is 6.34. The number of alkyl halides is 3. The number of benzene rings is 1. The lowest BCUT2D eigenvalue weighted by molar-refractivity contribution is -0.137. The molecule has 2 aromatic heterocycles. The van der Waals surface area contributed by atoms with Gasteiger partial charge < -0.3 is 20.0 Å². The second-order valence-corrected chi connectivity index (χ2v) is 12.1. The number of pyridine rings is 1. The molecular weight excluding hydrogens is 563 g/mol. The first-order valence-corrected chi connectivity index (χ1v) is 14.6. The molecule has 7 nitrogen and oxygen atoms in total. The number of fused-ring (bicyclic) bond motifs is 2. The molecule has 0 atom stereocenters. The third kappa shape index (κ3) is 5.96. The monoisotopic (exact) mass is 601 g/mol. The number of piperidine rings is 1. The molecule has 0 radical (unpaired) electrons. The van der Waals surface area contributed by atoms with E-state index in [9.17, 15) is 13.2 Å². The molecule has 5 heterocycles. The van der Waals surface area contributed by atoms with Crippen LogP contribution in [0.25, 0.3) is 0 Å². The Morgan fingerprint density at radius 2 is 1.67 bits per heavy atom. The highest BCUT2D eigenvalue weighted by atomic mass is 35.5. The van der Waals surface area contributed by atoms with Gasteiger partial charge in [-0.2, -0.15) is 18.2 Å². The van der Waals surface area contributed by atoms with Crippen molar-refractivity contribution in [3.05, 3.63) is 58.9 Å². The summed E-state index contributed by atoms with van der Waals surface area (Å²) in [5.74, 6) is 1.42. The number of nitrogens with one attached hydrogen (secondary N) is 1. The zero-order valence-corrected chi connectivity index (χ0v) is 25.3. The fourth-order valence-electron chi connectivity index (χ4n) is 6.34. The van der Waals surface area contributed by atoms with Gasteiger partial charge in [-0.25, -0.2) is 9.97 Å². The van der Waals surface area contributed by atoms with Gasteiger partial charge >= 0.3 is 6.18 Å². The highest BCUT2D eigenvalue weighted by Crippen LogP contribution is 2.41. The van der Waals surface area contributed by atoms with Crippen molar-refractivity contribution in [3.63, 3.8) is 0 Å². The Balaban J connectivity index is 0.00000353.